The first-order valence-corrected chi connectivity index (χ1v) is 5.24. The Balaban J connectivity index is 2.53. The molecule has 0 spiro atoms. The van der Waals surface area contributed by atoms with E-state index in [1.54, 1.807) is 0 Å². The fourth-order valence-electron chi connectivity index (χ4n) is 2.13. The molecule has 1 aliphatic carbocycles. The van der Waals surface area contributed by atoms with Gasteiger partial charge in [-0.05, 0) is 19.3 Å². The monoisotopic (exact) mass is 165 g/mol. The molecular formula is C11H19N. The molecule has 12 heavy (non-hydrogen) atoms. The van der Waals surface area contributed by atoms with Crippen LogP contribution in [0.1, 0.15) is 58.3 Å². The molecule has 1 fully saturated rings. The molecule has 1 saturated carbocycles. The van der Waals surface area contributed by atoms with Crippen LogP contribution in [0.15, 0.2) is 0 Å². The van der Waals surface area contributed by atoms with E-state index in [4.69, 9.17) is 5.26 Å². The maximum absolute atomic E-state index is 9.11. The molecule has 1 heteroatoms. The average molecular weight is 165 g/mol. The van der Waals surface area contributed by atoms with Crippen molar-refractivity contribution < 1.29 is 0 Å². The molecule has 1 nitrogen and oxygen atoms in total. The quantitative estimate of drug-likeness (QED) is 0.581. The summed E-state index contributed by atoms with van der Waals surface area (Å²) in [5.74, 6) is 0. The summed E-state index contributed by atoms with van der Waals surface area (Å²) in [5, 5.41) is 9.11. The molecule has 0 saturated heterocycles. The zero-order chi connectivity index (χ0) is 8.86. The van der Waals surface area contributed by atoms with Crippen LogP contribution in [0.4, 0.5) is 0 Å². The first-order valence-electron chi connectivity index (χ1n) is 5.24. The van der Waals surface area contributed by atoms with Gasteiger partial charge >= 0.3 is 0 Å². The minimum atomic E-state index is 0.0421. The lowest BCUT2D eigenvalue weighted by Crippen LogP contribution is -2.18. The summed E-state index contributed by atoms with van der Waals surface area (Å²) in [6, 6.07) is 2.53. The highest BCUT2D eigenvalue weighted by molar-refractivity contribution is 4.98. The first-order chi connectivity index (χ1) is 5.83. The molecule has 0 aromatic heterocycles. The van der Waals surface area contributed by atoms with Gasteiger partial charge in [0.15, 0.2) is 0 Å². The lowest BCUT2D eigenvalue weighted by molar-refractivity contribution is 0.280. The van der Waals surface area contributed by atoms with Gasteiger partial charge in [-0.1, -0.05) is 39.0 Å². The van der Waals surface area contributed by atoms with Crippen LogP contribution < -0.4 is 0 Å². The summed E-state index contributed by atoms with van der Waals surface area (Å²) >= 11 is 0. The molecular weight excluding hydrogens is 146 g/mol. The largest absolute Gasteiger partial charge is 0.198 e. The molecule has 68 valence electrons. The van der Waals surface area contributed by atoms with Gasteiger partial charge in [-0.25, -0.2) is 0 Å². The summed E-state index contributed by atoms with van der Waals surface area (Å²) in [6.45, 7) is 2.16. The second kappa shape index (κ2) is 4.50. The molecule has 0 aliphatic heterocycles. The predicted molar refractivity (Wildman–Crippen MR) is 50.7 cm³/mol. The second-order valence-corrected chi connectivity index (χ2v) is 4.01. The molecule has 0 radical (unpaired) electrons. The van der Waals surface area contributed by atoms with E-state index >= 15 is 0 Å². The predicted octanol–water partition coefficient (Wildman–Crippen LogP) is 3.65. The van der Waals surface area contributed by atoms with Crippen LogP contribution >= 0.6 is 0 Å². The molecule has 0 aromatic rings. The zero-order valence-corrected chi connectivity index (χ0v) is 8.10. The number of nitriles is 1. The third-order valence-corrected chi connectivity index (χ3v) is 3.22. The van der Waals surface area contributed by atoms with E-state index in [2.05, 4.69) is 13.0 Å². The van der Waals surface area contributed by atoms with Crippen LogP contribution in [0.5, 0.6) is 0 Å². The van der Waals surface area contributed by atoms with Crippen molar-refractivity contribution in [1.29, 1.82) is 5.26 Å². The maximum atomic E-state index is 9.11. The first kappa shape index (κ1) is 9.58. The van der Waals surface area contributed by atoms with Crippen molar-refractivity contribution in [3.63, 3.8) is 0 Å². The van der Waals surface area contributed by atoms with Crippen molar-refractivity contribution in [2.75, 3.05) is 0 Å². The standard InChI is InChI=1S/C11H19N/c1-2-11(10-12)8-6-4-3-5-7-9-11/h2-9H2,1H3. The summed E-state index contributed by atoms with van der Waals surface area (Å²) in [5.41, 5.74) is 0.0421. The highest BCUT2D eigenvalue weighted by Gasteiger charge is 2.27. The molecule has 0 heterocycles. The summed E-state index contributed by atoms with van der Waals surface area (Å²) in [4.78, 5) is 0. The van der Waals surface area contributed by atoms with E-state index in [9.17, 15) is 0 Å². The second-order valence-electron chi connectivity index (χ2n) is 4.01. The fraction of sp³-hybridized carbons (Fsp3) is 0.909. The SMILES string of the molecule is CCC1(C#N)CCCCCCC1. The fourth-order valence-corrected chi connectivity index (χ4v) is 2.13. The van der Waals surface area contributed by atoms with Gasteiger partial charge in [0.1, 0.15) is 0 Å². The third-order valence-electron chi connectivity index (χ3n) is 3.22. The van der Waals surface area contributed by atoms with Gasteiger partial charge in [0.05, 0.1) is 11.5 Å². The summed E-state index contributed by atoms with van der Waals surface area (Å²) in [6.07, 6.45) is 9.91. The van der Waals surface area contributed by atoms with Crippen molar-refractivity contribution in [3.05, 3.63) is 0 Å². The van der Waals surface area contributed by atoms with Crippen molar-refractivity contribution in [2.45, 2.75) is 58.3 Å². The highest BCUT2D eigenvalue weighted by atomic mass is 14.4. The molecule has 1 aliphatic rings. The smallest absolute Gasteiger partial charge is 0.0689 e. The third kappa shape index (κ3) is 2.24. The van der Waals surface area contributed by atoms with Crippen molar-refractivity contribution in [2.24, 2.45) is 5.41 Å². The molecule has 0 unspecified atom stereocenters. The van der Waals surface area contributed by atoms with Crippen molar-refractivity contribution in [3.8, 4) is 6.07 Å². The Morgan fingerprint density at radius 1 is 1.08 bits per heavy atom. The molecule has 0 amide bonds. The lowest BCUT2D eigenvalue weighted by atomic mass is 9.75. The van der Waals surface area contributed by atoms with Gasteiger partial charge in [-0.2, -0.15) is 5.26 Å². The van der Waals surface area contributed by atoms with E-state index in [0.29, 0.717) is 0 Å². The highest BCUT2D eigenvalue weighted by Crippen LogP contribution is 2.36. The normalized spacial score (nSPS) is 23.7. The Morgan fingerprint density at radius 2 is 1.58 bits per heavy atom. The van der Waals surface area contributed by atoms with Gasteiger partial charge in [-0.15, -0.1) is 0 Å². The van der Waals surface area contributed by atoms with Gasteiger partial charge in [0, 0.05) is 0 Å². The van der Waals surface area contributed by atoms with E-state index in [0.717, 1.165) is 19.3 Å². The Bertz CT molecular complexity index is 158. The van der Waals surface area contributed by atoms with E-state index in [1.165, 1.54) is 32.1 Å². The molecule has 0 bridgehead atoms. The van der Waals surface area contributed by atoms with Gasteiger partial charge in [0.2, 0.25) is 0 Å². The topological polar surface area (TPSA) is 23.8 Å². The van der Waals surface area contributed by atoms with E-state index < -0.39 is 0 Å². The van der Waals surface area contributed by atoms with Crippen LogP contribution in [0.2, 0.25) is 0 Å². The van der Waals surface area contributed by atoms with Crippen molar-refractivity contribution >= 4 is 0 Å². The Kier molecular flexibility index (Phi) is 3.59. The van der Waals surface area contributed by atoms with Crippen LogP contribution in [0.3, 0.4) is 0 Å². The van der Waals surface area contributed by atoms with Crippen LogP contribution in [-0.4, -0.2) is 0 Å². The Morgan fingerprint density at radius 3 is 2.00 bits per heavy atom. The number of nitrogens with zero attached hydrogens (tertiary/aromatic N) is 1. The van der Waals surface area contributed by atoms with Gasteiger partial charge in [0.25, 0.3) is 0 Å². The number of hydrogen-bond donors (Lipinski definition) is 0. The molecule has 0 atom stereocenters. The average Bonchev–Trinajstić information content (AvgIpc) is 2.06. The Hall–Kier alpha value is -0.510. The van der Waals surface area contributed by atoms with Crippen LogP contribution in [-0.2, 0) is 0 Å². The van der Waals surface area contributed by atoms with Gasteiger partial charge in [-0.3, -0.25) is 0 Å². The van der Waals surface area contributed by atoms with Crippen LogP contribution in [0.25, 0.3) is 0 Å². The van der Waals surface area contributed by atoms with Crippen molar-refractivity contribution in [1.82, 2.24) is 0 Å². The number of hydrogen-bond acceptors (Lipinski definition) is 1. The summed E-state index contributed by atoms with van der Waals surface area (Å²) in [7, 11) is 0. The van der Waals surface area contributed by atoms with Crippen LogP contribution in [0, 0.1) is 16.7 Å². The lowest BCUT2D eigenvalue weighted by Gasteiger charge is -2.26. The molecule has 1 rings (SSSR count). The molecule has 0 aromatic carbocycles. The van der Waals surface area contributed by atoms with E-state index in [1.807, 2.05) is 0 Å². The molecule has 0 N–H and O–H groups in total. The van der Waals surface area contributed by atoms with E-state index in [-0.39, 0.29) is 5.41 Å². The maximum Gasteiger partial charge on any atom is 0.0689 e. The zero-order valence-electron chi connectivity index (χ0n) is 8.10. The Labute approximate surface area is 75.8 Å². The minimum Gasteiger partial charge on any atom is -0.198 e. The van der Waals surface area contributed by atoms with Gasteiger partial charge < -0.3 is 0 Å². The minimum absolute atomic E-state index is 0.0421. The summed E-state index contributed by atoms with van der Waals surface area (Å²) < 4.78 is 0. The number of rotatable bonds is 1.